The SMILES string of the molecule is C=CCOC(=O)N1CC(=O)C(C(=O)OC(C)(C)C)C[C@H]1C. The van der Waals surface area contributed by atoms with Gasteiger partial charge in [-0.15, -0.1) is 0 Å². The lowest BCUT2D eigenvalue weighted by molar-refractivity contribution is -0.164. The molecule has 2 atom stereocenters. The van der Waals surface area contributed by atoms with E-state index in [-0.39, 0.29) is 31.4 Å². The standard InChI is InChI=1S/C15H23NO5/c1-6-7-20-14(19)16-9-12(17)11(8-10(16)2)13(18)21-15(3,4)5/h6,10-11H,1,7-9H2,2-5H3/t10-,11?/m1/s1. The second kappa shape index (κ2) is 6.74. The van der Waals surface area contributed by atoms with Crippen LogP contribution in [0.1, 0.15) is 34.1 Å². The van der Waals surface area contributed by atoms with Crippen molar-refractivity contribution in [3.8, 4) is 0 Å². The summed E-state index contributed by atoms with van der Waals surface area (Å²) in [6.45, 7) is 10.4. The van der Waals surface area contributed by atoms with Crippen molar-refractivity contribution in [3.63, 3.8) is 0 Å². The minimum absolute atomic E-state index is 0.0890. The lowest BCUT2D eigenvalue weighted by Crippen LogP contribution is -2.52. The predicted octanol–water partition coefficient (Wildman–Crippen LogP) is 1.93. The number of carbonyl (C=O) groups is 3. The van der Waals surface area contributed by atoms with Gasteiger partial charge in [0.2, 0.25) is 0 Å². The van der Waals surface area contributed by atoms with Gasteiger partial charge >= 0.3 is 12.1 Å². The van der Waals surface area contributed by atoms with Gasteiger partial charge in [-0.3, -0.25) is 14.5 Å². The molecule has 0 aromatic rings. The summed E-state index contributed by atoms with van der Waals surface area (Å²) in [7, 11) is 0. The van der Waals surface area contributed by atoms with Gasteiger partial charge in [0.25, 0.3) is 0 Å². The average molecular weight is 297 g/mol. The first-order valence-corrected chi connectivity index (χ1v) is 6.95. The molecule has 1 aliphatic heterocycles. The number of hydrogen-bond acceptors (Lipinski definition) is 5. The van der Waals surface area contributed by atoms with Crippen LogP contribution in [0.3, 0.4) is 0 Å². The fraction of sp³-hybridized carbons (Fsp3) is 0.667. The molecule has 1 heterocycles. The fourth-order valence-electron chi connectivity index (χ4n) is 2.09. The Morgan fingerprint density at radius 1 is 1.43 bits per heavy atom. The minimum Gasteiger partial charge on any atom is -0.459 e. The summed E-state index contributed by atoms with van der Waals surface area (Å²) in [5.41, 5.74) is -0.638. The Morgan fingerprint density at radius 3 is 2.57 bits per heavy atom. The Morgan fingerprint density at radius 2 is 2.05 bits per heavy atom. The Kier molecular flexibility index (Phi) is 5.52. The van der Waals surface area contributed by atoms with E-state index in [0.29, 0.717) is 0 Å². The maximum atomic E-state index is 12.1. The van der Waals surface area contributed by atoms with Crippen LogP contribution < -0.4 is 0 Å². The second-order valence-corrected chi connectivity index (χ2v) is 6.13. The van der Waals surface area contributed by atoms with Gasteiger partial charge in [0.1, 0.15) is 18.1 Å². The van der Waals surface area contributed by atoms with E-state index in [1.165, 1.54) is 11.0 Å². The van der Waals surface area contributed by atoms with E-state index in [0.717, 1.165) is 0 Å². The van der Waals surface area contributed by atoms with Gasteiger partial charge in [-0.2, -0.15) is 0 Å². The quantitative estimate of drug-likeness (QED) is 0.452. The summed E-state index contributed by atoms with van der Waals surface area (Å²) in [5.74, 6) is -1.67. The highest BCUT2D eigenvalue weighted by atomic mass is 16.6. The molecule has 0 aliphatic carbocycles. The van der Waals surface area contributed by atoms with Crippen molar-refractivity contribution in [2.75, 3.05) is 13.2 Å². The van der Waals surface area contributed by atoms with Crippen LogP contribution in [-0.4, -0.2) is 47.5 Å². The summed E-state index contributed by atoms with van der Waals surface area (Å²) in [4.78, 5) is 37.2. The number of ether oxygens (including phenoxy) is 2. The number of esters is 1. The molecule has 1 unspecified atom stereocenters. The van der Waals surface area contributed by atoms with Crippen LogP contribution in [0.4, 0.5) is 4.79 Å². The molecule has 0 radical (unpaired) electrons. The van der Waals surface area contributed by atoms with Crippen LogP contribution in [0.2, 0.25) is 0 Å². The number of rotatable bonds is 3. The van der Waals surface area contributed by atoms with Crippen LogP contribution in [0.15, 0.2) is 12.7 Å². The maximum Gasteiger partial charge on any atom is 0.410 e. The van der Waals surface area contributed by atoms with E-state index in [1.807, 2.05) is 0 Å². The van der Waals surface area contributed by atoms with E-state index in [1.54, 1.807) is 27.7 Å². The molecule has 118 valence electrons. The van der Waals surface area contributed by atoms with Crippen molar-refractivity contribution in [2.45, 2.75) is 45.8 Å². The van der Waals surface area contributed by atoms with Gasteiger partial charge in [0.15, 0.2) is 5.78 Å². The summed E-state index contributed by atoms with van der Waals surface area (Å²) >= 11 is 0. The minimum atomic E-state index is -0.817. The molecule has 0 aromatic carbocycles. The smallest absolute Gasteiger partial charge is 0.410 e. The fourth-order valence-corrected chi connectivity index (χ4v) is 2.09. The highest BCUT2D eigenvalue weighted by Gasteiger charge is 2.40. The van der Waals surface area contributed by atoms with Crippen molar-refractivity contribution in [3.05, 3.63) is 12.7 Å². The number of hydrogen-bond donors (Lipinski definition) is 0. The van der Waals surface area contributed by atoms with E-state index in [2.05, 4.69) is 6.58 Å². The van der Waals surface area contributed by atoms with Crippen molar-refractivity contribution in [2.24, 2.45) is 5.92 Å². The van der Waals surface area contributed by atoms with Crippen LogP contribution in [-0.2, 0) is 19.1 Å². The first-order valence-electron chi connectivity index (χ1n) is 6.95. The summed E-state index contributed by atoms with van der Waals surface area (Å²) < 4.78 is 10.2. The monoisotopic (exact) mass is 297 g/mol. The zero-order valence-electron chi connectivity index (χ0n) is 13.0. The van der Waals surface area contributed by atoms with Crippen molar-refractivity contribution in [1.82, 2.24) is 4.90 Å². The van der Waals surface area contributed by atoms with Gasteiger partial charge in [-0.05, 0) is 34.1 Å². The Bertz CT molecular complexity index is 438. The predicted molar refractivity (Wildman–Crippen MR) is 76.7 cm³/mol. The number of nitrogens with zero attached hydrogens (tertiary/aromatic N) is 1. The molecular weight excluding hydrogens is 274 g/mol. The molecule has 1 rings (SSSR count). The largest absolute Gasteiger partial charge is 0.459 e. The van der Waals surface area contributed by atoms with Crippen molar-refractivity contribution in [1.29, 1.82) is 0 Å². The Balaban J connectivity index is 2.69. The van der Waals surface area contributed by atoms with Crippen molar-refractivity contribution < 1.29 is 23.9 Å². The highest BCUT2D eigenvalue weighted by Crippen LogP contribution is 2.24. The van der Waals surface area contributed by atoms with Crippen LogP contribution in [0, 0.1) is 5.92 Å². The van der Waals surface area contributed by atoms with Gasteiger partial charge in [-0.1, -0.05) is 12.7 Å². The van der Waals surface area contributed by atoms with E-state index >= 15 is 0 Å². The third-order valence-electron chi connectivity index (χ3n) is 3.07. The summed E-state index contributed by atoms with van der Waals surface area (Å²) in [6.07, 6.45) is 1.13. The van der Waals surface area contributed by atoms with Gasteiger partial charge in [-0.25, -0.2) is 4.79 Å². The van der Waals surface area contributed by atoms with Crippen molar-refractivity contribution >= 4 is 17.8 Å². The molecule has 0 saturated carbocycles. The molecule has 1 saturated heterocycles. The van der Waals surface area contributed by atoms with Crippen LogP contribution >= 0.6 is 0 Å². The van der Waals surface area contributed by atoms with E-state index in [9.17, 15) is 14.4 Å². The maximum absolute atomic E-state index is 12.1. The molecular formula is C15H23NO5. The van der Waals surface area contributed by atoms with Gasteiger partial charge in [0, 0.05) is 6.04 Å². The third-order valence-corrected chi connectivity index (χ3v) is 3.07. The molecule has 1 fully saturated rings. The lowest BCUT2D eigenvalue weighted by atomic mass is 9.90. The number of amides is 1. The average Bonchev–Trinajstić information content (AvgIpc) is 2.36. The Hall–Kier alpha value is -1.85. The molecule has 0 bridgehead atoms. The van der Waals surface area contributed by atoms with Crippen LogP contribution in [0.5, 0.6) is 0 Å². The number of ketones is 1. The summed E-state index contributed by atoms with van der Waals surface area (Å²) in [6, 6.07) is -0.266. The first kappa shape index (κ1) is 17.2. The normalized spacial score (nSPS) is 22.7. The molecule has 1 aliphatic rings. The lowest BCUT2D eigenvalue weighted by Gasteiger charge is -2.35. The zero-order chi connectivity index (χ0) is 16.2. The van der Waals surface area contributed by atoms with Gasteiger partial charge in [0.05, 0.1) is 6.54 Å². The third kappa shape index (κ3) is 4.88. The molecule has 6 heteroatoms. The van der Waals surface area contributed by atoms with E-state index < -0.39 is 23.6 Å². The van der Waals surface area contributed by atoms with Gasteiger partial charge < -0.3 is 9.47 Å². The molecule has 1 amide bonds. The number of piperidine rings is 1. The molecule has 21 heavy (non-hydrogen) atoms. The number of Topliss-reactive ketones (excluding diaryl/α,β-unsaturated/α-hetero) is 1. The molecule has 6 nitrogen and oxygen atoms in total. The number of likely N-dealkylation sites (tertiary alicyclic amines) is 1. The number of carbonyl (C=O) groups excluding carboxylic acids is 3. The van der Waals surface area contributed by atoms with Crippen LogP contribution in [0.25, 0.3) is 0 Å². The molecule has 0 N–H and O–H groups in total. The molecule has 0 aromatic heterocycles. The van der Waals surface area contributed by atoms with E-state index in [4.69, 9.17) is 9.47 Å². The first-order chi connectivity index (χ1) is 9.65. The Labute approximate surface area is 125 Å². The summed E-state index contributed by atoms with van der Waals surface area (Å²) in [5, 5.41) is 0. The highest BCUT2D eigenvalue weighted by molar-refractivity contribution is 6.01. The zero-order valence-corrected chi connectivity index (χ0v) is 13.0. The molecule has 0 spiro atoms. The second-order valence-electron chi connectivity index (χ2n) is 6.13. The topological polar surface area (TPSA) is 72.9 Å².